The Hall–Kier alpha value is -1.20. The van der Waals surface area contributed by atoms with E-state index in [1.165, 1.54) is 20.8 Å². The van der Waals surface area contributed by atoms with E-state index in [0.717, 1.165) is 0 Å². The van der Waals surface area contributed by atoms with Gasteiger partial charge >= 0.3 is 0 Å². The topological polar surface area (TPSA) is 86.3 Å². The van der Waals surface area contributed by atoms with Crippen LogP contribution in [0.5, 0.6) is 0 Å². The predicted octanol–water partition coefficient (Wildman–Crippen LogP) is 1.49. The highest BCUT2D eigenvalue weighted by Crippen LogP contribution is 2.30. The van der Waals surface area contributed by atoms with Crippen LogP contribution in [0.25, 0.3) is 0 Å². The molecule has 0 amide bonds. The number of rotatable bonds is 4. The Morgan fingerprint density at radius 2 is 1.46 bits per heavy atom. The minimum absolute atomic E-state index is 0.133. The maximum atomic E-state index is 10.7. The lowest BCUT2D eigenvalue weighted by Crippen LogP contribution is -2.57. The third kappa shape index (κ3) is 1.61. The molecular weight excluding hydrogens is 176 g/mol. The van der Waals surface area contributed by atoms with Gasteiger partial charge in [-0.05, 0) is 0 Å². The van der Waals surface area contributed by atoms with E-state index in [1.54, 1.807) is 6.92 Å². The van der Waals surface area contributed by atoms with Gasteiger partial charge in [0.1, 0.15) is 0 Å². The van der Waals surface area contributed by atoms with Crippen molar-refractivity contribution in [2.24, 2.45) is 0 Å². The Bertz CT molecular complexity index is 239. The molecule has 1 atom stereocenters. The highest BCUT2D eigenvalue weighted by Gasteiger charge is 2.59. The van der Waals surface area contributed by atoms with Crippen molar-refractivity contribution in [3.8, 4) is 0 Å². The summed E-state index contributed by atoms with van der Waals surface area (Å²) >= 11 is 0. The highest BCUT2D eigenvalue weighted by atomic mass is 16.6. The van der Waals surface area contributed by atoms with Crippen LogP contribution in [0.15, 0.2) is 0 Å². The van der Waals surface area contributed by atoms with E-state index < -0.39 is 20.9 Å². The lowest BCUT2D eigenvalue weighted by molar-refractivity contribution is -0.677. The Morgan fingerprint density at radius 3 is 1.54 bits per heavy atom. The second-order valence-electron chi connectivity index (χ2n) is 3.70. The van der Waals surface area contributed by atoms with Crippen molar-refractivity contribution >= 4 is 0 Å². The average Bonchev–Trinajstić information content (AvgIpc) is 2.01. The molecule has 0 bridgehead atoms. The summed E-state index contributed by atoms with van der Waals surface area (Å²) < 4.78 is 0. The Kier molecular flexibility index (Phi) is 2.97. The molecule has 6 heteroatoms. The van der Waals surface area contributed by atoms with E-state index in [0.29, 0.717) is 0 Å². The van der Waals surface area contributed by atoms with E-state index in [2.05, 4.69) is 0 Å². The maximum absolute atomic E-state index is 10.7. The number of nitrogens with zero attached hydrogens (tertiary/aromatic N) is 2. The summed E-state index contributed by atoms with van der Waals surface area (Å²) in [6.07, 6.45) is 0.133. The van der Waals surface area contributed by atoms with Crippen molar-refractivity contribution in [1.29, 1.82) is 0 Å². The zero-order valence-corrected chi connectivity index (χ0v) is 8.23. The van der Waals surface area contributed by atoms with Crippen LogP contribution in [0.3, 0.4) is 0 Å². The van der Waals surface area contributed by atoms with Gasteiger partial charge in [-0.1, -0.05) is 6.92 Å². The first-order chi connectivity index (χ1) is 5.70. The quantitative estimate of drug-likeness (QED) is 0.496. The van der Waals surface area contributed by atoms with Crippen molar-refractivity contribution in [3.05, 3.63) is 20.2 Å². The second-order valence-corrected chi connectivity index (χ2v) is 3.70. The van der Waals surface area contributed by atoms with Crippen LogP contribution in [0, 0.1) is 20.2 Å². The molecule has 0 N–H and O–H groups in total. The van der Waals surface area contributed by atoms with Gasteiger partial charge in [0.15, 0.2) is 0 Å². The first-order valence-corrected chi connectivity index (χ1v) is 3.99. The zero-order valence-electron chi connectivity index (χ0n) is 8.23. The molecule has 0 fully saturated rings. The lowest BCUT2D eigenvalue weighted by atomic mass is 9.80. The largest absolute Gasteiger partial charge is 0.286 e. The van der Waals surface area contributed by atoms with Crippen LogP contribution >= 0.6 is 0 Å². The summed E-state index contributed by atoms with van der Waals surface area (Å²) in [5.74, 6) is 0. The minimum atomic E-state index is -1.55. The Morgan fingerprint density at radius 1 is 1.08 bits per heavy atom. The number of nitro groups is 2. The third-order valence-corrected chi connectivity index (χ3v) is 2.87. The highest BCUT2D eigenvalue weighted by molar-refractivity contribution is 4.89. The fourth-order valence-corrected chi connectivity index (χ4v) is 0.982. The summed E-state index contributed by atoms with van der Waals surface area (Å²) in [7, 11) is 0. The van der Waals surface area contributed by atoms with Gasteiger partial charge in [-0.2, -0.15) is 0 Å². The van der Waals surface area contributed by atoms with Crippen molar-refractivity contribution in [2.75, 3.05) is 0 Å². The van der Waals surface area contributed by atoms with E-state index in [1.807, 2.05) is 0 Å². The molecule has 6 nitrogen and oxygen atoms in total. The predicted molar refractivity (Wildman–Crippen MR) is 46.8 cm³/mol. The fraction of sp³-hybridized carbons (Fsp3) is 1.00. The van der Waals surface area contributed by atoms with Crippen LogP contribution in [0.2, 0.25) is 0 Å². The molecule has 0 aliphatic heterocycles. The summed E-state index contributed by atoms with van der Waals surface area (Å²) in [6, 6.07) is 0. The lowest BCUT2D eigenvalue weighted by Gasteiger charge is -2.28. The van der Waals surface area contributed by atoms with Gasteiger partial charge in [0, 0.05) is 37.0 Å². The molecule has 0 heterocycles. The van der Waals surface area contributed by atoms with Crippen molar-refractivity contribution in [3.63, 3.8) is 0 Å². The van der Waals surface area contributed by atoms with Crippen LogP contribution in [0.1, 0.15) is 34.1 Å². The zero-order chi connectivity index (χ0) is 10.9. The second kappa shape index (κ2) is 3.27. The Labute approximate surface area is 76.2 Å². The summed E-state index contributed by atoms with van der Waals surface area (Å²) in [6.45, 7) is 5.43. The van der Waals surface area contributed by atoms with Crippen LogP contribution in [-0.4, -0.2) is 20.9 Å². The molecule has 0 unspecified atom stereocenters. The van der Waals surface area contributed by atoms with Crippen LogP contribution in [-0.2, 0) is 0 Å². The molecule has 0 rings (SSSR count). The van der Waals surface area contributed by atoms with Crippen LogP contribution < -0.4 is 0 Å². The molecule has 13 heavy (non-hydrogen) atoms. The van der Waals surface area contributed by atoms with Gasteiger partial charge in [-0.3, -0.25) is 20.2 Å². The molecule has 0 radical (unpaired) electrons. The SMILES string of the molecule is CC[C@](C)([N+](=O)[O-])C(C)(C)[N+](=O)[O-]. The molecule has 0 aliphatic carbocycles. The van der Waals surface area contributed by atoms with Gasteiger partial charge in [0.2, 0.25) is 0 Å². The van der Waals surface area contributed by atoms with Gasteiger partial charge in [-0.15, -0.1) is 0 Å². The van der Waals surface area contributed by atoms with Crippen molar-refractivity contribution in [2.45, 2.75) is 45.2 Å². The molecule has 0 aliphatic rings. The molecule has 0 spiro atoms. The monoisotopic (exact) mass is 190 g/mol. The maximum Gasteiger partial charge on any atom is 0.286 e. The van der Waals surface area contributed by atoms with Gasteiger partial charge < -0.3 is 0 Å². The Balaban J connectivity index is 5.19. The third-order valence-electron chi connectivity index (χ3n) is 2.87. The standard InChI is InChI=1S/C7H14N2O4/c1-5-7(4,9(12)13)6(2,3)8(10)11/h5H2,1-4H3/t7-/m0/s1. The van der Waals surface area contributed by atoms with Crippen molar-refractivity contribution in [1.82, 2.24) is 0 Å². The van der Waals surface area contributed by atoms with Crippen LogP contribution in [0.4, 0.5) is 0 Å². The summed E-state index contributed by atoms with van der Waals surface area (Å²) in [5, 5.41) is 21.3. The van der Waals surface area contributed by atoms with Crippen molar-refractivity contribution < 1.29 is 9.85 Å². The number of hydrogen-bond acceptors (Lipinski definition) is 4. The molecular formula is C7H14N2O4. The normalized spacial score (nSPS) is 16.3. The van der Waals surface area contributed by atoms with E-state index in [-0.39, 0.29) is 6.42 Å². The van der Waals surface area contributed by atoms with Gasteiger partial charge in [0.25, 0.3) is 11.1 Å². The van der Waals surface area contributed by atoms with E-state index in [4.69, 9.17) is 0 Å². The average molecular weight is 190 g/mol. The molecule has 0 aromatic carbocycles. The smallest absolute Gasteiger partial charge is 0.264 e. The van der Waals surface area contributed by atoms with E-state index in [9.17, 15) is 20.2 Å². The molecule has 0 aromatic rings. The number of hydrogen-bond donors (Lipinski definition) is 0. The molecule has 0 saturated heterocycles. The summed E-state index contributed by atoms with van der Waals surface area (Å²) in [5.41, 5.74) is -3.07. The first-order valence-electron chi connectivity index (χ1n) is 3.99. The fourth-order valence-electron chi connectivity index (χ4n) is 0.982. The molecule has 76 valence electrons. The van der Waals surface area contributed by atoms with Gasteiger partial charge in [-0.25, -0.2) is 0 Å². The van der Waals surface area contributed by atoms with E-state index >= 15 is 0 Å². The summed E-state index contributed by atoms with van der Waals surface area (Å²) in [4.78, 5) is 20.2. The minimum Gasteiger partial charge on any atom is -0.264 e. The van der Waals surface area contributed by atoms with Gasteiger partial charge in [0.05, 0.1) is 0 Å². The molecule has 0 saturated carbocycles. The molecule has 0 aromatic heterocycles. The first kappa shape index (κ1) is 11.8.